The van der Waals surface area contributed by atoms with Crippen LogP contribution in [0.25, 0.3) is 0 Å². The van der Waals surface area contributed by atoms with Crippen molar-refractivity contribution in [3.8, 4) is 0 Å². The average Bonchev–Trinajstić information content (AvgIpc) is 2.68. The molecule has 0 aliphatic carbocycles. The Hall–Kier alpha value is -0.389. The first-order valence-electron chi connectivity index (χ1n) is 13.7. The third kappa shape index (κ3) is 19.6. The Labute approximate surface area is 236 Å². The maximum absolute atomic E-state index is 12.2. The number of quaternary nitrogens is 1. The highest BCUT2D eigenvalue weighted by Crippen LogP contribution is 2.26. The molecule has 0 bridgehead atoms. The Morgan fingerprint density at radius 3 is 1.97 bits per heavy atom. The molecule has 0 saturated carbocycles. The van der Waals surface area contributed by atoms with Gasteiger partial charge in [-0.2, -0.15) is 8.42 Å². The summed E-state index contributed by atoms with van der Waals surface area (Å²) in [6, 6.07) is 2.10. The maximum Gasteiger partial charge on any atom is 0.333 e. The first-order valence-corrected chi connectivity index (χ1v) is 24.4. The summed E-state index contributed by atoms with van der Waals surface area (Å²) in [5.74, 6) is -0.775. The highest BCUT2D eigenvalue weighted by Gasteiger charge is 2.39. The summed E-state index contributed by atoms with van der Waals surface area (Å²) in [6.07, 6.45) is 3.02. The molecule has 1 unspecified atom stereocenters. The number of ether oxygens (including phenoxy) is 2. The Kier molecular flexibility index (Phi) is 16.0. The van der Waals surface area contributed by atoms with Crippen LogP contribution in [0.1, 0.15) is 39.5 Å². The van der Waals surface area contributed by atoms with Gasteiger partial charge in [0.2, 0.25) is 0 Å². The smallest absolute Gasteiger partial charge is 0.333 e. The van der Waals surface area contributed by atoms with E-state index in [1.807, 2.05) is 14.1 Å². The number of hydrogen-bond acceptors (Lipinski definition) is 7. The first-order chi connectivity index (χ1) is 17.1. The fraction of sp³-hybridized carbons (Fsp3) is 0.880. The predicted molar refractivity (Wildman–Crippen MR) is 162 cm³/mol. The van der Waals surface area contributed by atoms with Gasteiger partial charge in [0.1, 0.15) is 6.54 Å². The number of likely N-dealkylation sites (N-methyl/N-ethyl adjacent to an activating group) is 1. The second-order valence-corrected chi connectivity index (χ2v) is 26.7. The van der Waals surface area contributed by atoms with Gasteiger partial charge in [0.25, 0.3) is 10.1 Å². The molecule has 0 rings (SSSR count). The molecule has 1 N–H and O–H groups in total. The largest absolute Gasteiger partial charge is 0.451 e. The fourth-order valence-electron chi connectivity index (χ4n) is 4.56. The monoisotopic (exact) mass is 614 g/mol. The van der Waals surface area contributed by atoms with E-state index in [0.29, 0.717) is 36.2 Å². The molecule has 0 fully saturated rings. The highest BCUT2D eigenvalue weighted by atomic mass is 32.2. The van der Waals surface area contributed by atoms with Crippen molar-refractivity contribution in [2.45, 2.75) is 97.0 Å². The van der Waals surface area contributed by atoms with Crippen LogP contribution in [0, 0.1) is 0 Å². The van der Waals surface area contributed by atoms with E-state index >= 15 is 0 Å². The summed E-state index contributed by atoms with van der Waals surface area (Å²) in [6.45, 7) is 22.5. The number of unbranched alkanes of at least 4 members (excludes halogenated alkanes) is 1. The lowest BCUT2D eigenvalue weighted by Gasteiger charge is -2.38. The van der Waals surface area contributed by atoms with E-state index in [0.717, 1.165) is 18.5 Å². The van der Waals surface area contributed by atoms with Crippen molar-refractivity contribution in [3.63, 3.8) is 0 Å². The van der Waals surface area contributed by atoms with Crippen LogP contribution in [0.5, 0.6) is 0 Å². The van der Waals surface area contributed by atoms with E-state index < -0.39 is 47.4 Å². The summed E-state index contributed by atoms with van der Waals surface area (Å²) in [5, 5.41) is 0. The van der Waals surface area contributed by atoms with Crippen molar-refractivity contribution in [3.05, 3.63) is 12.2 Å². The first kappa shape index (κ1) is 37.6. The Morgan fingerprint density at radius 1 is 0.974 bits per heavy atom. The molecule has 0 aliphatic rings. The molecule has 38 heavy (non-hydrogen) atoms. The minimum absolute atomic E-state index is 0.239. The van der Waals surface area contributed by atoms with Crippen LogP contribution in [0.4, 0.5) is 0 Å². The molecule has 0 radical (unpaired) electrons. The molecule has 1 atom stereocenters. The lowest BCUT2D eigenvalue weighted by Crippen LogP contribution is -2.52. The summed E-state index contributed by atoms with van der Waals surface area (Å²) < 4.78 is 56.4. The molecule has 0 aromatic carbocycles. The van der Waals surface area contributed by atoms with Crippen molar-refractivity contribution < 1.29 is 40.0 Å². The van der Waals surface area contributed by atoms with Crippen molar-refractivity contribution in [2.75, 3.05) is 46.2 Å². The van der Waals surface area contributed by atoms with Crippen LogP contribution in [-0.2, 0) is 32.6 Å². The summed E-state index contributed by atoms with van der Waals surface area (Å²) in [5.41, 5.74) is 0.312. The molecule has 0 amide bonds. The fourth-order valence-corrected chi connectivity index (χ4v) is 19.3. The maximum atomic E-state index is 12.2. The van der Waals surface area contributed by atoms with Crippen molar-refractivity contribution in [1.82, 2.24) is 0 Å². The van der Waals surface area contributed by atoms with Gasteiger partial charge in [0, 0.05) is 18.6 Å². The molecule has 226 valence electrons. The summed E-state index contributed by atoms with van der Waals surface area (Å²) in [4.78, 5) is 12.2. The summed E-state index contributed by atoms with van der Waals surface area (Å²) in [7, 11) is -6.06. The zero-order chi connectivity index (χ0) is 29.8. The van der Waals surface area contributed by atoms with Crippen LogP contribution in [-0.4, -0.2) is 101 Å². The number of nitrogens with zero attached hydrogens (tertiary/aromatic N) is 1. The second-order valence-electron chi connectivity index (χ2n) is 12.7. The van der Waals surface area contributed by atoms with Gasteiger partial charge in [0.15, 0.2) is 22.7 Å². The van der Waals surface area contributed by atoms with Gasteiger partial charge in [-0.3, -0.25) is 4.55 Å². The Morgan fingerprint density at radius 2 is 1.50 bits per heavy atom. The van der Waals surface area contributed by atoms with Crippen molar-refractivity contribution in [2.24, 2.45) is 0 Å². The van der Waals surface area contributed by atoms with Gasteiger partial charge in [-0.05, 0) is 64.7 Å². The van der Waals surface area contributed by atoms with Gasteiger partial charge in [0.05, 0.1) is 33.0 Å². The van der Waals surface area contributed by atoms with Crippen molar-refractivity contribution >= 4 is 41.3 Å². The van der Waals surface area contributed by atoms with E-state index in [1.54, 1.807) is 6.92 Å². The molecular formula is C25H56NO8SSi3+. The number of hydrogen-bond donors (Lipinski definition) is 1. The van der Waals surface area contributed by atoms with Crippen LogP contribution >= 0.6 is 0 Å². The number of carbonyl (C=O) groups is 1. The SMILES string of the molecule is C=C(C)C(=O)OC(COCCC[Si](C)(C)O[Si](C)(C)O[Si](C)(C)CCCC)C[N+](C)(C)CCCS(=O)(=O)O. The number of carbonyl (C=O) groups excluding carboxylic acids is 1. The zero-order valence-corrected chi connectivity index (χ0v) is 29.5. The Balaban J connectivity index is 4.84. The molecular weight excluding hydrogens is 559 g/mol. The van der Waals surface area contributed by atoms with E-state index in [9.17, 15) is 13.2 Å². The molecule has 0 aromatic heterocycles. The van der Waals surface area contributed by atoms with Gasteiger partial charge in [-0.25, -0.2) is 4.79 Å². The second kappa shape index (κ2) is 16.2. The van der Waals surface area contributed by atoms with E-state index in [2.05, 4.69) is 52.8 Å². The average molecular weight is 615 g/mol. The Bertz CT molecular complexity index is 848. The van der Waals surface area contributed by atoms with Crippen LogP contribution in [0.15, 0.2) is 12.2 Å². The predicted octanol–water partition coefficient (Wildman–Crippen LogP) is 5.18. The lowest BCUT2D eigenvalue weighted by molar-refractivity contribution is -0.893. The van der Waals surface area contributed by atoms with Crippen molar-refractivity contribution in [1.29, 1.82) is 0 Å². The van der Waals surface area contributed by atoms with Gasteiger partial charge in [-0.1, -0.05) is 26.3 Å². The third-order valence-electron chi connectivity index (χ3n) is 6.03. The number of rotatable bonds is 21. The quantitative estimate of drug-likeness (QED) is 0.0471. The summed E-state index contributed by atoms with van der Waals surface area (Å²) >= 11 is 0. The molecule has 0 heterocycles. The topological polar surface area (TPSA) is 108 Å². The van der Waals surface area contributed by atoms with E-state index in [1.165, 1.54) is 12.8 Å². The molecule has 0 aromatic rings. The lowest BCUT2D eigenvalue weighted by atomic mass is 10.2. The van der Waals surface area contributed by atoms with Gasteiger partial charge < -0.3 is 22.2 Å². The normalized spacial score (nSPS) is 14.4. The van der Waals surface area contributed by atoms with Gasteiger partial charge >= 0.3 is 14.5 Å². The molecule has 9 nitrogen and oxygen atoms in total. The molecule has 13 heteroatoms. The van der Waals surface area contributed by atoms with Gasteiger partial charge in [-0.15, -0.1) is 0 Å². The number of esters is 1. The minimum atomic E-state index is -4.00. The van der Waals surface area contributed by atoms with E-state index in [-0.39, 0.29) is 12.4 Å². The zero-order valence-electron chi connectivity index (χ0n) is 25.7. The van der Waals surface area contributed by atoms with Crippen LogP contribution in [0.3, 0.4) is 0 Å². The highest BCUT2D eigenvalue weighted by molar-refractivity contribution is 7.85. The third-order valence-corrected chi connectivity index (χ3v) is 18.3. The van der Waals surface area contributed by atoms with Crippen LogP contribution in [0.2, 0.25) is 51.4 Å². The minimum Gasteiger partial charge on any atom is -0.451 e. The molecule has 0 spiro atoms. The standard InChI is InChI=1S/C25H55NO8SSi3/c1-12-13-19-36(6,7)33-38(10,11)34-37(8,9)20-15-17-31-22-24(32-25(27)23(2)3)21-26(4,5)16-14-18-35(28,29)30/h24H,2,12-22H2,1,3-11H3/p+1. The molecule has 0 saturated heterocycles. The molecule has 0 aliphatic heterocycles. The van der Waals surface area contributed by atoms with E-state index in [4.69, 9.17) is 22.3 Å². The van der Waals surface area contributed by atoms with Crippen LogP contribution < -0.4 is 0 Å².